The average Bonchev–Trinajstić information content (AvgIpc) is 3.21. The average molecular weight is 263 g/mol. The highest BCUT2D eigenvalue weighted by Crippen LogP contribution is 2.40. The fourth-order valence-electron chi connectivity index (χ4n) is 2.72. The molecular formula is C16H25NO2. The first kappa shape index (κ1) is 14.4. The maximum Gasteiger partial charge on any atom is 0.122 e. The zero-order valence-corrected chi connectivity index (χ0v) is 12.4. The summed E-state index contributed by atoms with van der Waals surface area (Å²) in [5, 5.41) is 0. The molecule has 0 aliphatic heterocycles. The van der Waals surface area contributed by atoms with Crippen molar-refractivity contribution in [3.63, 3.8) is 0 Å². The van der Waals surface area contributed by atoms with Crippen molar-refractivity contribution in [2.45, 2.75) is 45.8 Å². The number of benzene rings is 1. The molecule has 1 aliphatic rings. The van der Waals surface area contributed by atoms with E-state index in [1.165, 1.54) is 24.0 Å². The Morgan fingerprint density at radius 3 is 2.47 bits per heavy atom. The summed E-state index contributed by atoms with van der Waals surface area (Å²) < 4.78 is 11.2. The summed E-state index contributed by atoms with van der Waals surface area (Å²) in [5.74, 6) is 1.56. The van der Waals surface area contributed by atoms with Crippen molar-refractivity contribution in [3.05, 3.63) is 28.8 Å². The first-order valence-electron chi connectivity index (χ1n) is 7.10. The van der Waals surface area contributed by atoms with E-state index < -0.39 is 0 Å². The lowest BCUT2D eigenvalue weighted by atomic mass is 9.93. The van der Waals surface area contributed by atoms with Crippen LogP contribution >= 0.6 is 0 Å². The van der Waals surface area contributed by atoms with Gasteiger partial charge in [0, 0.05) is 6.61 Å². The molecule has 2 rings (SSSR count). The van der Waals surface area contributed by atoms with Gasteiger partial charge in [0.05, 0.1) is 19.3 Å². The number of ether oxygens (including phenoxy) is 2. The third kappa shape index (κ3) is 3.10. The van der Waals surface area contributed by atoms with Gasteiger partial charge in [-0.2, -0.15) is 0 Å². The van der Waals surface area contributed by atoms with Gasteiger partial charge >= 0.3 is 0 Å². The van der Waals surface area contributed by atoms with E-state index in [-0.39, 0.29) is 12.1 Å². The Kier molecular flexibility index (Phi) is 4.48. The minimum atomic E-state index is -0.0444. The van der Waals surface area contributed by atoms with Crippen LogP contribution < -0.4 is 10.5 Å². The van der Waals surface area contributed by atoms with Crippen LogP contribution in [-0.2, 0) is 4.74 Å². The van der Waals surface area contributed by atoms with Crippen LogP contribution in [0.25, 0.3) is 0 Å². The quantitative estimate of drug-likeness (QED) is 0.857. The summed E-state index contributed by atoms with van der Waals surface area (Å²) in [5.41, 5.74) is 9.96. The highest BCUT2D eigenvalue weighted by Gasteiger charge is 2.36. The van der Waals surface area contributed by atoms with E-state index in [0.717, 1.165) is 17.9 Å². The predicted molar refractivity (Wildman–Crippen MR) is 77.5 cm³/mol. The maximum absolute atomic E-state index is 6.46. The SMILES string of the molecule is CCOC(C1CC1)C(N)c1cc(C)c(OC)cc1C. The fourth-order valence-corrected chi connectivity index (χ4v) is 2.72. The van der Waals surface area contributed by atoms with Crippen molar-refractivity contribution in [3.8, 4) is 5.75 Å². The van der Waals surface area contributed by atoms with Gasteiger partial charge in [0.2, 0.25) is 0 Å². The number of nitrogens with two attached hydrogens (primary N) is 1. The van der Waals surface area contributed by atoms with Crippen LogP contribution in [-0.4, -0.2) is 19.8 Å². The summed E-state index contributed by atoms with van der Waals surface area (Å²) in [6.45, 7) is 6.91. The van der Waals surface area contributed by atoms with E-state index in [0.29, 0.717) is 5.92 Å². The lowest BCUT2D eigenvalue weighted by molar-refractivity contribution is 0.0281. The Bertz CT molecular complexity index is 441. The minimum Gasteiger partial charge on any atom is -0.496 e. The third-order valence-corrected chi connectivity index (χ3v) is 3.94. The molecule has 0 radical (unpaired) electrons. The van der Waals surface area contributed by atoms with Crippen LogP contribution in [0.5, 0.6) is 5.75 Å². The van der Waals surface area contributed by atoms with Gasteiger partial charge in [-0.25, -0.2) is 0 Å². The fraction of sp³-hybridized carbons (Fsp3) is 0.625. The van der Waals surface area contributed by atoms with Gasteiger partial charge in [0.1, 0.15) is 5.75 Å². The van der Waals surface area contributed by atoms with Crippen LogP contribution in [0.1, 0.15) is 42.5 Å². The lowest BCUT2D eigenvalue weighted by Gasteiger charge is -2.26. The van der Waals surface area contributed by atoms with Gasteiger partial charge in [-0.05, 0) is 62.3 Å². The van der Waals surface area contributed by atoms with E-state index in [1.54, 1.807) is 7.11 Å². The number of hydrogen-bond acceptors (Lipinski definition) is 3. The lowest BCUT2D eigenvalue weighted by Crippen LogP contribution is -2.31. The Hall–Kier alpha value is -1.06. The van der Waals surface area contributed by atoms with E-state index in [2.05, 4.69) is 26.0 Å². The molecule has 1 saturated carbocycles. The molecule has 1 fully saturated rings. The van der Waals surface area contributed by atoms with Gasteiger partial charge in [-0.15, -0.1) is 0 Å². The summed E-state index contributed by atoms with van der Waals surface area (Å²) in [7, 11) is 1.70. The van der Waals surface area contributed by atoms with Gasteiger partial charge < -0.3 is 15.2 Å². The summed E-state index contributed by atoms with van der Waals surface area (Å²) >= 11 is 0. The molecule has 1 aromatic carbocycles. The topological polar surface area (TPSA) is 44.5 Å². The number of methoxy groups -OCH3 is 1. The molecule has 106 valence electrons. The molecule has 2 unspecified atom stereocenters. The number of rotatable bonds is 6. The Balaban J connectivity index is 2.26. The molecule has 0 spiro atoms. The van der Waals surface area contributed by atoms with Gasteiger partial charge in [-0.1, -0.05) is 6.07 Å². The molecule has 1 aromatic rings. The van der Waals surface area contributed by atoms with Crippen LogP contribution in [0.2, 0.25) is 0 Å². The van der Waals surface area contributed by atoms with Crippen LogP contribution in [0, 0.1) is 19.8 Å². The van der Waals surface area contributed by atoms with Crippen LogP contribution in [0.4, 0.5) is 0 Å². The van der Waals surface area contributed by atoms with Crippen molar-refractivity contribution in [2.75, 3.05) is 13.7 Å². The number of hydrogen-bond donors (Lipinski definition) is 1. The zero-order chi connectivity index (χ0) is 14.0. The van der Waals surface area contributed by atoms with E-state index in [1.807, 2.05) is 6.92 Å². The third-order valence-electron chi connectivity index (χ3n) is 3.94. The molecule has 0 saturated heterocycles. The molecule has 0 amide bonds. The Morgan fingerprint density at radius 2 is 1.95 bits per heavy atom. The molecule has 0 aromatic heterocycles. The van der Waals surface area contributed by atoms with Crippen molar-refractivity contribution in [2.24, 2.45) is 11.7 Å². The first-order valence-corrected chi connectivity index (χ1v) is 7.10. The van der Waals surface area contributed by atoms with E-state index >= 15 is 0 Å². The molecule has 0 bridgehead atoms. The molecule has 0 heterocycles. The van der Waals surface area contributed by atoms with E-state index in [4.69, 9.17) is 15.2 Å². The second kappa shape index (κ2) is 5.93. The highest BCUT2D eigenvalue weighted by atomic mass is 16.5. The highest BCUT2D eigenvalue weighted by molar-refractivity contribution is 5.43. The largest absolute Gasteiger partial charge is 0.496 e. The van der Waals surface area contributed by atoms with Gasteiger partial charge in [0.25, 0.3) is 0 Å². The van der Waals surface area contributed by atoms with E-state index in [9.17, 15) is 0 Å². The minimum absolute atomic E-state index is 0.0444. The van der Waals surface area contributed by atoms with Gasteiger partial charge in [0.15, 0.2) is 0 Å². The summed E-state index contributed by atoms with van der Waals surface area (Å²) in [6, 6.07) is 4.17. The molecule has 19 heavy (non-hydrogen) atoms. The molecule has 3 heteroatoms. The smallest absolute Gasteiger partial charge is 0.122 e. The molecular weight excluding hydrogens is 238 g/mol. The molecule has 1 aliphatic carbocycles. The zero-order valence-electron chi connectivity index (χ0n) is 12.4. The second-order valence-electron chi connectivity index (χ2n) is 5.46. The van der Waals surface area contributed by atoms with Crippen LogP contribution in [0.3, 0.4) is 0 Å². The first-order chi connectivity index (χ1) is 9.08. The normalized spacial score (nSPS) is 18.2. The maximum atomic E-state index is 6.46. The summed E-state index contributed by atoms with van der Waals surface area (Å²) in [6.07, 6.45) is 2.63. The number of aryl methyl sites for hydroxylation is 2. The van der Waals surface area contributed by atoms with Crippen molar-refractivity contribution < 1.29 is 9.47 Å². The standard InChI is InChI=1S/C16H25NO2/c1-5-19-16(12-6-7-12)15(17)13-8-11(3)14(18-4)9-10(13)2/h8-9,12,15-16H,5-7,17H2,1-4H3. The monoisotopic (exact) mass is 263 g/mol. The van der Waals surface area contributed by atoms with Crippen molar-refractivity contribution in [1.82, 2.24) is 0 Å². The Labute approximate surface area is 116 Å². The van der Waals surface area contributed by atoms with Gasteiger partial charge in [-0.3, -0.25) is 0 Å². The van der Waals surface area contributed by atoms with Crippen molar-refractivity contribution >= 4 is 0 Å². The summed E-state index contributed by atoms with van der Waals surface area (Å²) in [4.78, 5) is 0. The Morgan fingerprint density at radius 1 is 1.26 bits per heavy atom. The van der Waals surface area contributed by atoms with Crippen molar-refractivity contribution in [1.29, 1.82) is 0 Å². The second-order valence-corrected chi connectivity index (χ2v) is 5.46. The van der Waals surface area contributed by atoms with Crippen LogP contribution in [0.15, 0.2) is 12.1 Å². The molecule has 3 nitrogen and oxygen atoms in total. The molecule has 2 atom stereocenters. The predicted octanol–water partition coefficient (Wildman–Crippen LogP) is 3.13. The molecule has 2 N–H and O–H groups in total.